The molecule has 164 valence electrons. The number of nitrogens with one attached hydrogen (secondary N) is 1. The molecule has 0 saturated carbocycles. The van der Waals surface area contributed by atoms with Crippen molar-refractivity contribution < 1.29 is 24.2 Å². The molecule has 2 N–H and O–H groups in total. The fourth-order valence-electron chi connectivity index (χ4n) is 2.35. The molecule has 6 nitrogen and oxygen atoms in total. The minimum atomic E-state index is -1.47. The summed E-state index contributed by atoms with van der Waals surface area (Å²) in [5.74, 6) is -2.13. The third-order valence-electron chi connectivity index (χ3n) is 3.71. The number of hydrogen-bond acceptors (Lipinski definition) is 5. The number of amides is 1. The fourth-order valence-corrected chi connectivity index (χ4v) is 4.09. The number of esters is 1. The number of carboxylic acids is 1. The zero-order chi connectivity index (χ0) is 23.1. The highest BCUT2D eigenvalue weighted by molar-refractivity contribution is 7.99. The molecule has 0 aliphatic rings. The normalized spacial score (nSPS) is 10.9. The number of thioether (sulfide) groups is 1. The first kappa shape index (κ1) is 25.4. The van der Waals surface area contributed by atoms with Gasteiger partial charge in [0.1, 0.15) is 0 Å². The Hall–Kier alpha value is -1.90. The molecule has 0 bridgehead atoms. The average Bonchev–Trinajstić information content (AvgIpc) is 2.73. The van der Waals surface area contributed by atoms with Crippen molar-refractivity contribution in [1.29, 1.82) is 0 Å². The predicted octanol–water partition coefficient (Wildman–Crippen LogP) is 6.46. The molecule has 0 heterocycles. The van der Waals surface area contributed by atoms with Gasteiger partial charge < -0.3 is 15.2 Å². The van der Waals surface area contributed by atoms with Crippen LogP contribution in [0.2, 0.25) is 20.1 Å². The van der Waals surface area contributed by atoms with Gasteiger partial charge in [-0.15, -0.1) is 11.8 Å². The van der Waals surface area contributed by atoms with E-state index in [0.29, 0.717) is 18.0 Å². The Labute approximate surface area is 202 Å². The Morgan fingerprint density at radius 1 is 1.00 bits per heavy atom. The highest BCUT2D eigenvalue weighted by Crippen LogP contribution is 2.41. The molecule has 0 unspecified atom stereocenters. The molecular weight excluding hydrogens is 508 g/mol. The lowest BCUT2D eigenvalue weighted by Crippen LogP contribution is -2.18. The molecule has 0 aliphatic heterocycles. The molecule has 2 rings (SSSR count). The summed E-state index contributed by atoms with van der Waals surface area (Å²) in [5.41, 5.74) is -0.540. The molecule has 0 fully saturated rings. The van der Waals surface area contributed by atoms with Gasteiger partial charge in [-0.3, -0.25) is 4.79 Å². The van der Waals surface area contributed by atoms with Crippen molar-refractivity contribution >= 4 is 81.7 Å². The summed E-state index contributed by atoms with van der Waals surface area (Å²) in [4.78, 5) is 36.4. The number of carboxylic acid groups (broad SMARTS) is 1. The minimum Gasteiger partial charge on any atom is -0.478 e. The van der Waals surface area contributed by atoms with Crippen LogP contribution in [0.25, 0.3) is 0 Å². The molecule has 2 aromatic carbocycles. The van der Waals surface area contributed by atoms with Gasteiger partial charge in [-0.25, -0.2) is 9.59 Å². The van der Waals surface area contributed by atoms with Gasteiger partial charge in [0.05, 0.1) is 37.8 Å². The fraction of sp³-hybridized carbons (Fsp3) is 0.150. The molecule has 11 heteroatoms. The van der Waals surface area contributed by atoms with Crippen LogP contribution in [0, 0.1) is 0 Å². The molecular formula is C20H15Cl4NO5S. The van der Waals surface area contributed by atoms with Crippen molar-refractivity contribution in [2.75, 3.05) is 17.7 Å². The van der Waals surface area contributed by atoms with Gasteiger partial charge in [0.15, 0.2) is 0 Å². The number of aromatic carboxylic acids is 1. The lowest BCUT2D eigenvalue weighted by Gasteiger charge is -2.14. The second kappa shape index (κ2) is 11.6. The molecule has 0 atom stereocenters. The predicted molar refractivity (Wildman–Crippen MR) is 124 cm³/mol. The van der Waals surface area contributed by atoms with Gasteiger partial charge in [0, 0.05) is 22.4 Å². The third-order valence-corrected chi connectivity index (χ3v) is 6.47. The highest BCUT2D eigenvalue weighted by atomic mass is 35.5. The van der Waals surface area contributed by atoms with Crippen LogP contribution in [0.3, 0.4) is 0 Å². The topological polar surface area (TPSA) is 92.7 Å². The second-order valence-corrected chi connectivity index (χ2v) is 8.36. The summed E-state index contributed by atoms with van der Waals surface area (Å²) in [6.07, 6.45) is 3.04. The quantitative estimate of drug-likeness (QED) is 0.136. The van der Waals surface area contributed by atoms with Crippen molar-refractivity contribution in [2.24, 2.45) is 0 Å². The molecule has 2 aromatic rings. The summed E-state index contributed by atoms with van der Waals surface area (Å²) < 4.78 is 4.79. The number of halogens is 4. The van der Waals surface area contributed by atoms with Crippen LogP contribution in [-0.4, -0.2) is 35.3 Å². The van der Waals surface area contributed by atoms with Gasteiger partial charge in [-0.05, 0) is 31.2 Å². The second-order valence-electron chi connectivity index (χ2n) is 5.76. The van der Waals surface area contributed by atoms with E-state index in [1.165, 1.54) is 17.8 Å². The van der Waals surface area contributed by atoms with Gasteiger partial charge in [0.25, 0.3) is 5.91 Å². The van der Waals surface area contributed by atoms with Crippen molar-refractivity contribution in [3.05, 3.63) is 67.6 Å². The number of carbonyl (C=O) groups excluding carboxylic acids is 2. The minimum absolute atomic E-state index is 0.217. The molecule has 31 heavy (non-hydrogen) atoms. The maximum atomic E-state index is 12.7. The number of ether oxygens (including phenoxy) is 1. The highest BCUT2D eigenvalue weighted by Gasteiger charge is 2.28. The number of benzene rings is 2. The van der Waals surface area contributed by atoms with E-state index >= 15 is 0 Å². The van der Waals surface area contributed by atoms with Crippen molar-refractivity contribution in [3.63, 3.8) is 0 Å². The lowest BCUT2D eigenvalue weighted by molar-refractivity contribution is -0.137. The molecule has 1 amide bonds. The smallest absolute Gasteiger partial charge is 0.338 e. The van der Waals surface area contributed by atoms with Gasteiger partial charge in [-0.1, -0.05) is 52.5 Å². The summed E-state index contributed by atoms with van der Waals surface area (Å²) in [5, 5.41) is 10.8. The lowest BCUT2D eigenvalue weighted by atomic mass is 10.1. The number of hydrogen-bond donors (Lipinski definition) is 2. The summed E-state index contributed by atoms with van der Waals surface area (Å²) in [6, 6.07) is 6.76. The van der Waals surface area contributed by atoms with Gasteiger partial charge >= 0.3 is 11.9 Å². The van der Waals surface area contributed by atoms with E-state index in [1.807, 2.05) is 0 Å². The van der Waals surface area contributed by atoms with Crippen molar-refractivity contribution in [3.8, 4) is 0 Å². The van der Waals surface area contributed by atoms with E-state index in [2.05, 4.69) is 5.32 Å². The summed E-state index contributed by atoms with van der Waals surface area (Å²) >= 11 is 25.4. The van der Waals surface area contributed by atoms with Crippen LogP contribution in [0.1, 0.15) is 27.6 Å². The molecule has 0 spiro atoms. The first-order chi connectivity index (χ1) is 14.7. The Bertz CT molecular complexity index is 1040. The zero-order valence-electron chi connectivity index (χ0n) is 15.9. The van der Waals surface area contributed by atoms with Crippen LogP contribution in [-0.2, 0) is 9.53 Å². The van der Waals surface area contributed by atoms with Gasteiger partial charge in [-0.2, -0.15) is 0 Å². The standard InChI is InChI=1S/C20H15Cl4NO5S/c1-2-30-12(26)4-3-9-31-11-7-5-10(6-8-11)25-19(27)13-14(20(28)29)16(22)18(24)17(23)15(13)21/h3-8H,2,9H2,1H3,(H,25,27)(H,28,29)/b4-3+. The largest absolute Gasteiger partial charge is 0.478 e. The van der Waals surface area contributed by atoms with Crippen molar-refractivity contribution in [2.45, 2.75) is 11.8 Å². The number of anilines is 1. The molecule has 0 aromatic heterocycles. The first-order valence-corrected chi connectivity index (χ1v) is 11.1. The Morgan fingerprint density at radius 2 is 1.58 bits per heavy atom. The zero-order valence-corrected chi connectivity index (χ0v) is 19.7. The maximum Gasteiger partial charge on any atom is 0.338 e. The van der Waals surface area contributed by atoms with Crippen LogP contribution in [0.15, 0.2) is 41.3 Å². The average molecular weight is 523 g/mol. The Morgan fingerprint density at radius 3 is 2.13 bits per heavy atom. The first-order valence-electron chi connectivity index (χ1n) is 8.64. The van der Waals surface area contributed by atoms with E-state index in [9.17, 15) is 19.5 Å². The molecule has 0 saturated heterocycles. The Kier molecular flexibility index (Phi) is 9.53. The SMILES string of the molecule is CCOC(=O)/C=C/CSc1ccc(NC(=O)c2c(Cl)c(Cl)c(Cl)c(Cl)c2C(=O)O)cc1. The van der Waals surface area contributed by atoms with E-state index in [-0.39, 0.29) is 20.1 Å². The number of carbonyl (C=O) groups is 3. The maximum absolute atomic E-state index is 12.7. The monoisotopic (exact) mass is 521 g/mol. The van der Waals surface area contributed by atoms with Crippen molar-refractivity contribution in [1.82, 2.24) is 0 Å². The van der Waals surface area contributed by atoms with Crippen LogP contribution >= 0.6 is 58.2 Å². The van der Waals surface area contributed by atoms with Crippen LogP contribution in [0.4, 0.5) is 5.69 Å². The van der Waals surface area contributed by atoms with Crippen LogP contribution in [0.5, 0.6) is 0 Å². The van der Waals surface area contributed by atoms with E-state index in [1.54, 1.807) is 37.3 Å². The van der Waals surface area contributed by atoms with Gasteiger partial charge in [0.2, 0.25) is 0 Å². The summed E-state index contributed by atoms with van der Waals surface area (Å²) in [7, 11) is 0. The third kappa shape index (κ3) is 6.54. The van der Waals surface area contributed by atoms with E-state index in [4.69, 9.17) is 51.1 Å². The van der Waals surface area contributed by atoms with E-state index in [0.717, 1.165) is 4.90 Å². The van der Waals surface area contributed by atoms with E-state index < -0.39 is 29.0 Å². The summed E-state index contributed by atoms with van der Waals surface area (Å²) in [6.45, 7) is 2.05. The van der Waals surface area contributed by atoms with Crippen LogP contribution < -0.4 is 5.32 Å². The molecule has 0 aliphatic carbocycles. The molecule has 0 radical (unpaired) electrons. The number of rotatable bonds is 8. The Balaban J connectivity index is 2.13.